The molecule has 3 aromatic heterocycles. The van der Waals surface area contributed by atoms with E-state index in [-0.39, 0.29) is 0 Å². The number of aryl methyl sites for hydroxylation is 2. The molecule has 1 fully saturated rings. The molecular weight excluding hydrogens is 252 g/mol. The number of fused-ring (bicyclic) bond motifs is 1. The molecule has 1 aliphatic heterocycles. The van der Waals surface area contributed by atoms with Gasteiger partial charge in [-0.1, -0.05) is 0 Å². The zero-order chi connectivity index (χ0) is 13.7. The molecule has 0 spiro atoms. The predicted octanol–water partition coefficient (Wildman–Crippen LogP) is 1.65. The van der Waals surface area contributed by atoms with Crippen LogP contribution in [0, 0.1) is 6.92 Å². The van der Waals surface area contributed by atoms with Gasteiger partial charge < -0.3 is 4.90 Å². The van der Waals surface area contributed by atoms with Gasteiger partial charge in [-0.05, 0) is 13.3 Å². The Morgan fingerprint density at radius 1 is 1.25 bits per heavy atom. The first-order valence-corrected chi connectivity index (χ1v) is 6.81. The number of imidazole rings is 1. The molecule has 3 aromatic rings. The Hall–Kier alpha value is -2.37. The van der Waals surface area contributed by atoms with Gasteiger partial charge in [0.25, 0.3) is 0 Å². The van der Waals surface area contributed by atoms with Crippen LogP contribution in [-0.4, -0.2) is 37.2 Å². The van der Waals surface area contributed by atoms with Crippen LogP contribution in [0.15, 0.2) is 24.8 Å². The third-order valence-electron chi connectivity index (χ3n) is 3.85. The van der Waals surface area contributed by atoms with Crippen molar-refractivity contribution in [3.63, 3.8) is 0 Å². The van der Waals surface area contributed by atoms with Gasteiger partial charge in [-0.3, -0.25) is 9.08 Å². The van der Waals surface area contributed by atoms with Crippen molar-refractivity contribution >= 4 is 11.3 Å². The summed E-state index contributed by atoms with van der Waals surface area (Å²) in [4.78, 5) is 11.6. The lowest BCUT2D eigenvalue weighted by Crippen LogP contribution is -2.37. The summed E-state index contributed by atoms with van der Waals surface area (Å²) in [6.07, 6.45) is 8.91. The van der Waals surface area contributed by atoms with Crippen molar-refractivity contribution in [2.24, 2.45) is 7.05 Å². The lowest BCUT2D eigenvalue weighted by molar-refractivity contribution is 0.610. The fraction of sp³-hybridized carbons (Fsp3) is 0.357. The number of hydrogen-bond acceptors (Lipinski definition) is 4. The number of rotatable bonds is 2. The van der Waals surface area contributed by atoms with Crippen molar-refractivity contribution in [3.8, 4) is 11.3 Å². The summed E-state index contributed by atoms with van der Waals surface area (Å²) in [5.74, 6) is 2.00. The van der Waals surface area contributed by atoms with Crippen LogP contribution < -0.4 is 4.90 Å². The maximum absolute atomic E-state index is 4.72. The summed E-state index contributed by atoms with van der Waals surface area (Å²) in [6, 6.07) is 0. The van der Waals surface area contributed by atoms with Gasteiger partial charge in [0.1, 0.15) is 17.0 Å². The van der Waals surface area contributed by atoms with Crippen LogP contribution in [0.25, 0.3) is 16.8 Å². The predicted molar refractivity (Wildman–Crippen MR) is 76.8 cm³/mol. The first-order valence-electron chi connectivity index (χ1n) is 6.81. The second-order valence-corrected chi connectivity index (χ2v) is 5.22. The minimum atomic E-state index is 0.964. The van der Waals surface area contributed by atoms with Crippen LogP contribution in [-0.2, 0) is 7.05 Å². The molecule has 6 nitrogen and oxygen atoms in total. The molecule has 0 N–H and O–H groups in total. The van der Waals surface area contributed by atoms with Crippen LogP contribution in [0.5, 0.6) is 0 Å². The Kier molecular flexibility index (Phi) is 2.33. The summed E-state index contributed by atoms with van der Waals surface area (Å²) in [5, 5.41) is 4.25. The maximum Gasteiger partial charge on any atom is 0.155 e. The molecule has 6 heteroatoms. The smallest absolute Gasteiger partial charge is 0.155 e. The number of aromatic nitrogens is 5. The van der Waals surface area contributed by atoms with Crippen molar-refractivity contribution in [2.75, 3.05) is 18.0 Å². The molecule has 0 unspecified atom stereocenters. The second kappa shape index (κ2) is 4.06. The molecule has 0 amide bonds. The van der Waals surface area contributed by atoms with Crippen LogP contribution in [0.2, 0.25) is 0 Å². The summed E-state index contributed by atoms with van der Waals surface area (Å²) >= 11 is 0. The van der Waals surface area contributed by atoms with Crippen molar-refractivity contribution in [2.45, 2.75) is 13.3 Å². The zero-order valence-electron chi connectivity index (χ0n) is 11.6. The van der Waals surface area contributed by atoms with E-state index >= 15 is 0 Å². The molecule has 0 saturated carbocycles. The van der Waals surface area contributed by atoms with E-state index in [0.29, 0.717) is 0 Å². The third kappa shape index (κ3) is 1.54. The monoisotopic (exact) mass is 268 g/mol. The number of nitrogens with zero attached hydrogens (tertiary/aromatic N) is 6. The zero-order valence-corrected chi connectivity index (χ0v) is 11.6. The van der Waals surface area contributed by atoms with Crippen LogP contribution >= 0.6 is 0 Å². The topological polar surface area (TPSA) is 51.2 Å². The van der Waals surface area contributed by atoms with Gasteiger partial charge in [0.2, 0.25) is 0 Å². The minimum absolute atomic E-state index is 0.964. The van der Waals surface area contributed by atoms with E-state index in [0.717, 1.165) is 41.5 Å². The van der Waals surface area contributed by atoms with Gasteiger partial charge in [0.15, 0.2) is 5.82 Å². The van der Waals surface area contributed by atoms with Gasteiger partial charge in [-0.2, -0.15) is 5.10 Å². The van der Waals surface area contributed by atoms with E-state index in [9.17, 15) is 0 Å². The fourth-order valence-electron chi connectivity index (χ4n) is 2.68. The SMILES string of the molecule is Cc1nc(-c2cnn(C)c2)c2c(N3CCC3)nccn12. The average Bonchev–Trinajstić information content (AvgIpc) is 2.93. The molecule has 0 aliphatic carbocycles. The van der Waals surface area contributed by atoms with Crippen LogP contribution in [0.1, 0.15) is 12.2 Å². The maximum atomic E-state index is 4.72. The fourth-order valence-corrected chi connectivity index (χ4v) is 2.68. The Morgan fingerprint density at radius 2 is 2.10 bits per heavy atom. The molecule has 20 heavy (non-hydrogen) atoms. The average molecular weight is 268 g/mol. The van der Waals surface area contributed by atoms with E-state index in [2.05, 4.69) is 19.4 Å². The summed E-state index contributed by atoms with van der Waals surface area (Å²) in [5.41, 5.74) is 3.08. The van der Waals surface area contributed by atoms with E-state index in [1.54, 1.807) is 4.68 Å². The highest BCUT2D eigenvalue weighted by Crippen LogP contribution is 2.32. The lowest BCUT2D eigenvalue weighted by Gasteiger charge is -2.32. The van der Waals surface area contributed by atoms with Crippen LogP contribution in [0.4, 0.5) is 5.82 Å². The molecule has 1 aliphatic rings. The normalized spacial score (nSPS) is 14.8. The van der Waals surface area contributed by atoms with E-state index in [4.69, 9.17) is 4.98 Å². The van der Waals surface area contributed by atoms with Gasteiger partial charge in [0, 0.05) is 44.3 Å². The minimum Gasteiger partial charge on any atom is -0.355 e. The Labute approximate surface area is 116 Å². The first-order chi connectivity index (χ1) is 9.74. The third-order valence-corrected chi connectivity index (χ3v) is 3.85. The van der Waals surface area contributed by atoms with E-state index < -0.39 is 0 Å². The molecule has 4 rings (SSSR count). The van der Waals surface area contributed by atoms with E-state index in [1.807, 2.05) is 38.8 Å². The summed E-state index contributed by atoms with van der Waals surface area (Å²) in [6.45, 7) is 4.17. The quantitative estimate of drug-likeness (QED) is 0.709. The van der Waals surface area contributed by atoms with Crippen molar-refractivity contribution in [1.82, 2.24) is 24.1 Å². The Morgan fingerprint density at radius 3 is 2.75 bits per heavy atom. The van der Waals surface area contributed by atoms with E-state index in [1.165, 1.54) is 6.42 Å². The molecule has 0 aromatic carbocycles. The standard InChI is InChI=1S/C14H16N6/c1-10-17-12(11-8-16-18(2)9-11)13-14(19-5-3-6-19)15-4-7-20(10)13/h4,7-9H,3,5-6H2,1-2H3. The molecular formula is C14H16N6. The molecule has 0 atom stereocenters. The first kappa shape index (κ1) is 11.5. The van der Waals surface area contributed by atoms with Crippen molar-refractivity contribution < 1.29 is 0 Å². The van der Waals surface area contributed by atoms with Crippen molar-refractivity contribution in [1.29, 1.82) is 0 Å². The highest BCUT2D eigenvalue weighted by Gasteiger charge is 2.23. The summed E-state index contributed by atoms with van der Waals surface area (Å²) in [7, 11) is 1.92. The molecule has 4 heterocycles. The Balaban J connectivity index is 2.00. The number of anilines is 1. The summed E-state index contributed by atoms with van der Waals surface area (Å²) < 4.78 is 3.92. The van der Waals surface area contributed by atoms with Crippen molar-refractivity contribution in [3.05, 3.63) is 30.6 Å². The molecule has 0 radical (unpaired) electrons. The highest BCUT2D eigenvalue weighted by atomic mass is 15.3. The molecule has 102 valence electrons. The molecule has 0 bridgehead atoms. The van der Waals surface area contributed by atoms with Gasteiger partial charge in [-0.15, -0.1) is 0 Å². The lowest BCUT2D eigenvalue weighted by atomic mass is 10.2. The van der Waals surface area contributed by atoms with Gasteiger partial charge >= 0.3 is 0 Å². The highest BCUT2D eigenvalue weighted by molar-refractivity contribution is 5.86. The Bertz CT molecular complexity index is 780. The second-order valence-electron chi connectivity index (χ2n) is 5.22. The van der Waals surface area contributed by atoms with Gasteiger partial charge in [0.05, 0.1) is 6.20 Å². The largest absolute Gasteiger partial charge is 0.355 e. The number of hydrogen-bond donors (Lipinski definition) is 0. The molecule has 1 saturated heterocycles. The van der Waals surface area contributed by atoms with Crippen LogP contribution in [0.3, 0.4) is 0 Å². The van der Waals surface area contributed by atoms with Gasteiger partial charge in [-0.25, -0.2) is 9.97 Å².